The summed E-state index contributed by atoms with van der Waals surface area (Å²) in [4.78, 5) is 13.9. The van der Waals surface area contributed by atoms with E-state index in [4.69, 9.17) is 5.11 Å². The summed E-state index contributed by atoms with van der Waals surface area (Å²) in [7, 11) is 1.92. The third-order valence-electron chi connectivity index (χ3n) is 3.57. The summed E-state index contributed by atoms with van der Waals surface area (Å²) in [5.74, 6) is -0.531. The topological polar surface area (TPSA) is 52.6 Å². The van der Waals surface area contributed by atoms with E-state index >= 15 is 0 Å². The lowest BCUT2D eigenvalue weighted by atomic mass is 10.1. The van der Waals surface area contributed by atoms with Crippen molar-refractivity contribution in [3.63, 3.8) is 0 Å². The molecule has 0 unspecified atom stereocenters. The Kier molecular flexibility index (Phi) is 4.50. The number of nitrogens with zero attached hydrogens (tertiary/aromatic N) is 1. The third-order valence-corrected chi connectivity index (χ3v) is 3.57. The van der Waals surface area contributed by atoms with Crippen molar-refractivity contribution < 1.29 is 14.3 Å². The van der Waals surface area contributed by atoms with E-state index in [9.17, 15) is 9.18 Å². The highest BCUT2D eigenvalue weighted by Gasteiger charge is 2.29. The number of nitrogens with one attached hydrogen (secondary N) is 1. The summed E-state index contributed by atoms with van der Waals surface area (Å²) in [6, 6.07) is 6.42. The largest absolute Gasteiger partial charge is 0.395 e. The first-order chi connectivity index (χ1) is 9.10. The van der Waals surface area contributed by atoms with Gasteiger partial charge in [-0.2, -0.15) is 0 Å². The van der Waals surface area contributed by atoms with Crippen molar-refractivity contribution in [1.82, 2.24) is 10.2 Å². The van der Waals surface area contributed by atoms with Gasteiger partial charge in [0, 0.05) is 18.6 Å². The maximum atomic E-state index is 13.4. The van der Waals surface area contributed by atoms with E-state index in [-0.39, 0.29) is 36.8 Å². The van der Waals surface area contributed by atoms with Crippen LogP contribution in [-0.4, -0.2) is 48.2 Å². The minimum Gasteiger partial charge on any atom is -0.395 e. The molecule has 1 heterocycles. The number of benzene rings is 1. The molecule has 1 aliphatic rings. The summed E-state index contributed by atoms with van der Waals surface area (Å²) >= 11 is 0. The molecule has 2 atom stereocenters. The molecule has 2 N–H and O–H groups in total. The number of likely N-dealkylation sites (tertiary alicyclic amines) is 1. The van der Waals surface area contributed by atoms with Crippen molar-refractivity contribution in [2.75, 3.05) is 20.2 Å². The van der Waals surface area contributed by atoms with Gasteiger partial charge in [0.1, 0.15) is 5.82 Å². The number of rotatable bonds is 4. The number of carbonyl (C=O) groups excluding carboxylic acids is 1. The fourth-order valence-electron chi connectivity index (χ4n) is 2.49. The van der Waals surface area contributed by atoms with Gasteiger partial charge in [-0.15, -0.1) is 0 Å². The van der Waals surface area contributed by atoms with Crippen molar-refractivity contribution in [3.8, 4) is 0 Å². The van der Waals surface area contributed by atoms with Gasteiger partial charge in [-0.25, -0.2) is 4.39 Å². The monoisotopic (exact) mass is 266 g/mol. The lowest BCUT2D eigenvalue weighted by molar-refractivity contribution is -0.121. The van der Waals surface area contributed by atoms with Gasteiger partial charge in [-0.3, -0.25) is 9.69 Å². The molecule has 0 spiro atoms. The average Bonchev–Trinajstić information content (AvgIpc) is 2.72. The molecule has 19 heavy (non-hydrogen) atoms. The van der Waals surface area contributed by atoms with Crippen LogP contribution in [0.15, 0.2) is 24.3 Å². The molecule has 0 aromatic heterocycles. The molecule has 1 amide bonds. The fourth-order valence-corrected chi connectivity index (χ4v) is 2.49. The van der Waals surface area contributed by atoms with Crippen LogP contribution in [0.4, 0.5) is 4.39 Å². The van der Waals surface area contributed by atoms with Crippen LogP contribution >= 0.6 is 0 Å². The van der Waals surface area contributed by atoms with Crippen LogP contribution in [0.1, 0.15) is 12.0 Å². The SMILES string of the molecule is CN1C[C@H](NC(=O)Cc2ccccc2F)C[C@H]1CO. The smallest absolute Gasteiger partial charge is 0.224 e. The Labute approximate surface area is 112 Å². The molecular formula is C14H19FN2O2. The van der Waals surface area contributed by atoms with Crippen LogP contribution in [0.25, 0.3) is 0 Å². The van der Waals surface area contributed by atoms with Gasteiger partial charge < -0.3 is 10.4 Å². The Morgan fingerprint density at radius 1 is 1.53 bits per heavy atom. The van der Waals surface area contributed by atoms with E-state index in [1.54, 1.807) is 18.2 Å². The van der Waals surface area contributed by atoms with E-state index in [1.165, 1.54) is 6.07 Å². The molecule has 1 aromatic carbocycles. The van der Waals surface area contributed by atoms with Gasteiger partial charge in [0.2, 0.25) is 5.91 Å². The van der Waals surface area contributed by atoms with Crippen molar-refractivity contribution in [2.45, 2.75) is 24.9 Å². The van der Waals surface area contributed by atoms with Gasteiger partial charge >= 0.3 is 0 Å². The van der Waals surface area contributed by atoms with Crippen LogP contribution in [0.5, 0.6) is 0 Å². The molecule has 1 aliphatic heterocycles. The molecule has 1 aromatic rings. The minimum absolute atomic E-state index is 0.0291. The molecule has 0 bridgehead atoms. The number of likely N-dealkylation sites (N-methyl/N-ethyl adjacent to an activating group) is 1. The zero-order valence-corrected chi connectivity index (χ0v) is 11.0. The molecule has 104 valence electrons. The fraction of sp³-hybridized carbons (Fsp3) is 0.500. The number of aliphatic hydroxyl groups is 1. The lowest BCUT2D eigenvalue weighted by Crippen LogP contribution is -2.37. The number of amides is 1. The lowest BCUT2D eigenvalue weighted by Gasteiger charge is -2.15. The molecule has 1 fully saturated rings. The Morgan fingerprint density at radius 3 is 2.89 bits per heavy atom. The maximum absolute atomic E-state index is 13.4. The van der Waals surface area contributed by atoms with Crippen LogP contribution in [0, 0.1) is 5.82 Å². The molecule has 2 rings (SSSR count). The van der Waals surface area contributed by atoms with Crippen LogP contribution < -0.4 is 5.32 Å². The second kappa shape index (κ2) is 6.12. The first kappa shape index (κ1) is 14.0. The van der Waals surface area contributed by atoms with Gasteiger partial charge in [0.25, 0.3) is 0 Å². The standard InChI is InChI=1S/C14H19FN2O2/c1-17-8-11(7-12(17)9-18)16-14(19)6-10-4-2-3-5-13(10)15/h2-5,11-12,18H,6-9H2,1H3,(H,16,19)/t11-,12+/m1/s1. The van der Waals surface area contributed by atoms with Crippen molar-refractivity contribution >= 4 is 5.91 Å². The molecule has 1 saturated heterocycles. The molecule has 0 radical (unpaired) electrons. The second-order valence-electron chi connectivity index (χ2n) is 5.04. The van der Waals surface area contributed by atoms with E-state index in [0.29, 0.717) is 12.1 Å². The number of halogens is 1. The third kappa shape index (κ3) is 3.52. The average molecular weight is 266 g/mol. The van der Waals surface area contributed by atoms with E-state index in [0.717, 1.165) is 6.42 Å². The first-order valence-electron chi connectivity index (χ1n) is 6.44. The zero-order valence-electron chi connectivity index (χ0n) is 11.0. The van der Waals surface area contributed by atoms with Crippen molar-refractivity contribution in [3.05, 3.63) is 35.6 Å². The summed E-state index contributed by atoms with van der Waals surface area (Å²) in [5.41, 5.74) is 0.407. The van der Waals surface area contributed by atoms with E-state index in [1.807, 2.05) is 11.9 Å². The van der Waals surface area contributed by atoms with Crippen molar-refractivity contribution in [2.24, 2.45) is 0 Å². The van der Waals surface area contributed by atoms with Crippen molar-refractivity contribution in [1.29, 1.82) is 0 Å². The van der Waals surface area contributed by atoms with E-state index < -0.39 is 0 Å². The maximum Gasteiger partial charge on any atom is 0.224 e. The summed E-state index contributed by atoms with van der Waals surface area (Å²) < 4.78 is 13.4. The number of hydrogen-bond donors (Lipinski definition) is 2. The number of hydrogen-bond acceptors (Lipinski definition) is 3. The first-order valence-corrected chi connectivity index (χ1v) is 6.44. The summed E-state index contributed by atoms with van der Waals surface area (Å²) in [5, 5.41) is 12.0. The highest BCUT2D eigenvalue weighted by atomic mass is 19.1. The highest BCUT2D eigenvalue weighted by Crippen LogP contribution is 2.15. The molecule has 4 nitrogen and oxygen atoms in total. The predicted molar refractivity (Wildman–Crippen MR) is 70.2 cm³/mol. The Hall–Kier alpha value is -1.46. The van der Waals surface area contributed by atoms with Gasteiger partial charge in [0.15, 0.2) is 0 Å². The Balaban J connectivity index is 1.87. The molecule has 0 aliphatic carbocycles. The molecular weight excluding hydrogens is 247 g/mol. The van der Waals surface area contributed by atoms with Gasteiger partial charge in [0.05, 0.1) is 13.0 Å². The Morgan fingerprint density at radius 2 is 2.26 bits per heavy atom. The zero-order chi connectivity index (χ0) is 13.8. The van der Waals surface area contributed by atoms with Gasteiger partial charge in [-0.1, -0.05) is 18.2 Å². The van der Waals surface area contributed by atoms with E-state index in [2.05, 4.69) is 5.32 Å². The summed E-state index contributed by atoms with van der Waals surface area (Å²) in [6.07, 6.45) is 0.784. The second-order valence-corrected chi connectivity index (χ2v) is 5.04. The molecule has 5 heteroatoms. The molecule has 0 saturated carbocycles. The number of aliphatic hydroxyl groups excluding tert-OH is 1. The highest BCUT2D eigenvalue weighted by molar-refractivity contribution is 5.79. The quantitative estimate of drug-likeness (QED) is 0.837. The predicted octanol–water partition coefficient (Wildman–Crippen LogP) is 0.549. The summed E-state index contributed by atoms with van der Waals surface area (Å²) in [6.45, 7) is 0.810. The minimum atomic E-state index is -0.352. The van der Waals surface area contributed by atoms with Crippen LogP contribution in [-0.2, 0) is 11.2 Å². The van der Waals surface area contributed by atoms with Crippen LogP contribution in [0.2, 0.25) is 0 Å². The van der Waals surface area contributed by atoms with Gasteiger partial charge in [-0.05, 0) is 25.1 Å². The van der Waals surface area contributed by atoms with Crippen LogP contribution in [0.3, 0.4) is 0 Å². The number of carbonyl (C=O) groups is 1. The Bertz CT molecular complexity index is 453. The normalized spacial score (nSPS) is 23.5.